The fraction of sp³-hybridized carbons (Fsp3) is 0.455. The van der Waals surface area contributed by atoms with Gasteiger partial charge >= 0.3 is 6.18 Å². The predicted octanol–water partition coefficient (Wildman–Crippen LogP) is 2.20. The highest BCUT2D eigenvalue weighted by molar-refractivity contribution is 5.92. The van der Waals surface area contributed by atoms with E-state index < -0.39 is 18.5 Å². The van der Waals surface area contributed by atoms with Crippen LogP contribution in [0.2, 0.25) is 0 Å². The molecule has 0 saturated heterocycles. The van der Waals surface area contributed by atoms with Crippen molar-refractivity contribution in [1.29, 1.82) is 0 Å². The molecule has 1 aromatic heterocycles. The number of nitrogens with zero attached hydrogens (tertiary/aromatic N) is 1. The Balaban J connectivity index is 2.41. The number of hydrogen-bond donors (Lipinski definition) is 2. The number of amides is 1. The number of pyridine rings is 1. The lowest BCUT2D eigenvalue weighted by Gasteiger charge is -2.07. The van der Waals surface area contributed by atoms with Crippen LogP contribution in [0.1, 0.15) is 23.3 Å². The summed E-state index contributed by atoms with van der Waals surface area (Å²) in [5.41, 5.74) is 0.175. The number of carbonyl (C=O) groups excluding carboxylic acids is 1. The van der Waals surface area contributed by atoms with Gasteiger partial charge in [-0.05, 0) is 18.6 Å². The zero-order valence-electron chi connectivity index (χ0n) is 9.84. The van der Waals surface area contributed by atoms with Crippen LogP contribution in [0.4, 0.5) is 19.0 Å². The van der Waals surface area contributed by atoms with Gasteiger partial charge in [-0.15, -0.1) is 0 Å². The third kappa shape index (κ3) is 5.03. The smallest absolute Gasteiger partial charge is 0.373 e. The van der Waals surface area contributed by atoms with E-state index in [2.05, 4.69) is 15.6 Å². The first-order chi connectivity index (χ1) is 8.42. The van der Waals surface area contributed by atoms with Crippen molar-refractivity contribution in [2.75, 3.05) is 18.9 Å². The van der Waals surface area contributed by atoms with Crippen LogP contribution in [0.25, 0.3) is 0 Å². The molecule has 1 heterocycles. The van der Waals surface area contributed by atoms with Crippen LogP contribution in [-0.2, 0) is 0 Å². The lowest BCUT2D eigenvalue weighted by molar-refractivity contribution is -0.135. The Hall–Kier alpha value is -1.79. The summed E-state index contributed by atoms with van der Waals surface area (Å²) in [5, 5.41) is 5.16. The van der Waals surface area contributed by atoms with E-state index in [1.54, 1.807) is 19.2 Å². The number of nitrogens with one attached hydrogen (secondary N) is 2. The molecule has 2 N–H and O–H groups in total. The number of aromatic nitrogens is 1. The van der Waals surface area contributed by atoms with E-state index in [0.29, 0.717) is 5.82 Å². The molecule has 0 bridgehead atoms. The largest absolute Gasteiger partial charge is 0.389 e. The summed E-state index contributed by atoms with van der Waals surface area (Å²) in [6, 6.07) is 4.82. The van der Waals surface area contributed by atoms with Crippen molar-refractivity contribution in [3.8, 4) is 0 Å². The Morgan fingerprint density at radius 2 is 2.11 bits per heavy atom. The molecule has 100 valence electrons. The van der Waals surface area contributed by atoms with E-state index >= 15 is 0 Å². The number of rotatable bonds is 5. The molecule has 0 aromatic carbocycles. The van der Waals surface area contributed by atoms with Crippen LogP contribution in [0, 0.1) is 0 Å². The van der Waals surface area contributed by atoms with Crippen LogP contribution in [0.3, 0.4) is 0 Å². The van der Waals surface area contributed by atoms with E-state index in [1.165, 1.54) is 6.07 Å². The van der Waals surface area contributed by atoms with Gasteiger partial charge in [-0.1, -0.05) is 6.07 Å². The first-order valence-electron chi connectivity index (χ1n) is 5.42. The maximum atomic E-state index is 11.9. The zero-order chi connectivity index (χ0) is 13.6. The number of hydrogen-bond acceptors (Lipinski definition) is 3. The average molecular weight is 261 g/mol. The van der Waals surface area contributed by atoms with Gasteiger partial charge in [0.15, 0.2) is 0 Å². The molecule has 4 nitrogen and oxygen atoms in total. The van der Waals surface area contributed by atoms with Crippen molar-refractivity contribution in [2.24, 2.45) is 0 Å². The van der Waals surface area contributed by atoms with Crippen molar-refractivity contribution in [3.63, 3.8) is 0 Å². The predicted molar refractivity (Wildman–Crippen MR) is 61.4 cm³/mol. The van der Waals surface area contributed by atoms with Gasteiger partial charge in [0, 0.05) is 20.0 Å². The quantitative estimate of drug-likeness (QED) is 0.799. The molecule has 0 unspecified atom stereocenters. The molecular formula is C11H14F3N3O. The van der Waals surface area contributed by atoms with Crippen molar-refractivity contribution in [2.45, 2.75) is 19.0 Å². The molecule has 7 heteroatoms. The molecule has 1 amide bonds. The fourth-order valence-corrected chi connectivity index (χ4v) is 1.28. The third-order valence-corrected chi connectivity index (χ3v) is 2.16. The minimum Gasteiger partial charge on any atom is -0.373 e. The molecule has 0 atom stereocenters. The summed E-state index contributed by atoms with van der Waals surface area (Å²) in [6.45, 7) is -0.0240. The van der Waals surface area contributed by atoms with Crippen LogP contribution in [0.5, 0.6) is 0 Å². The molecule has 0 saturated carbocycles. The summed E-state index contributed by atoms with van der Waals surface area (Å²) < 4.78 is 35.6. The average Bonchev–Trinajstić information content (AvgIpc) is 2.33. The lowest BCUT2D eigenvalue weighted by Crippen LogP contribution is -2.26. The molecule has 0 aliphatic rings. The van der Waals surface area contributed by atoms with E-state index in [4.69, 9.17) is 0 Å². The maximum Gasteiger partial charge on any atom is 0.389 e. The Labute approximate surface area is 103 Å². The standard InChI is InChI=1S/C11H14F3N3O/c1-15-9-5-2-4-8(17-9)10(18)16-7-3-6-11(12,13)14/h2,4-5H,3,6-7H2,1H3,(H,15,17)(H,16,18). The number of halogens is 3. The van der Waals surface area contributed by atoms with E-state index in [0.717, 1.165) is 0 Å². The van der Waals surface area contributed by atoms with Gasteiger partial charge in [-0.3, -0.25) is 4.79 Å². The summed E-state index contributed by atoms with van der Waals surface area (Å²) in [7, 11) is 1.66. The Morgan fingerprint density at radius 3 is 2.72 bits per heavy atom. The van der Waals surface area contributed by atoms with Crippen molar-refractivity contribution >= 4 is 11.7 Å². The second-order valence-corrected chi connectivity index (χ2v) is 3.63. The van der Waals surface area contributed by atoms with Gasteiger partial charge in [-0.2, -0.15) is 13.2 Å². The third-order valence-electron chi connectivity index (χ3n) is 2.16. The molecule has 0 aliphatic heterocycles. The normalized spacial score (nSPS) is 11.1. The van der Waals surface area contributed by atoms with Gasteiger partial charge in [0.2, 0.25) is 0 Å². The van der Waals surface area contributed by atoms with E-state index in [-0.39, 0.29) is 18.7 Å². The topological polar surface area (TPSA) is 54.0 Å². The van der Waals surface area contributed by atoms with Gasteiger partial charge < -0.3 is 10.6 Å². The van der Waals surface area contributed by atoms with Crippen molar-refractivity contribution in [3.05, 3.63) is 23.9 Å². The number of alkyl halides is 3. The highest BCUT2D eigenvalue weighted by Gasteiger charge is 2.26. The highest BCUT2D eigenvalue weighted by Crippen LogP contribution is 2.20. The summed E-state index contributed by atoms with van der Waals surface area (Å²) >= 11 is 0. The van der Waals surface area contributed by atoms with E-state index in [1.807, 2.05) is 0 Å². The Morgan fingerprint density at radius 1 is 1.39 bits per heavy atom. The van der Waals surface area contributed by atoms with Crippen molar-refractivity contribution < 1.29 is 18.0 Å². The molecule has 1 aromatic rings. The summed E-state index contributed by atoms with van der Waals surface area (Å²) in [4.78, 5) is 15.5. The Bertz CT molecular complexity index is 407. The van der Waals surface area contributed by atoms with Gasteiger partial charge in [-0.25, -0.2) is 4.98 Å². The Kier molecular flexibility index (Phi) is 4.94. The van der Waals surface area contributed by atoms with Crippen LogP contribution >= 0.6 is 0 Å². The molecule has 0 fully saturated rings. The first kappa shape index (κ1) is 14.3. The second-order valence-electron chi connectivity index (χ2n) is 3.63. The second kappa shape index (κ2) is 6.23. The van der Waals surface area contributed by atoms with Crippen LogP contribution in [0.15, 0.2) is 18.2 Å². The minimum atomic E-state index is -4.19. The molecule has 0 aliphatic carbocycles. The minimum absolute atomic E-state index is 0.0240. The monoisotopic (exact) mass is 261 g/mol. The first-order valence-corrected chi connectivity index (χ1v) is 5.42. The number of carbonyl (C=O) groups is 1. The fourth-order valence-electron chi connectivity index (χ4n) is 1.28. The summed E-state index contributed by atoms with van der Waals surface area (Å²) in [5.74, 6) is 0.0483. The lowest BCUT2D eigenvalue weighted by atomic mass is 10.3. The molecule has 0 spiro atoms. The van der Waals surface area contributed by atoms with Gasteiger partial charge in [0.25, 0.3) is 5.91 Å². The summed E-state index contributed by atoms with van der Waals surface area (Å²) in [6.07, 6.45) is -5.23. The molecular weight excluding hydrogens is 247 g/mol. The number of anilines is 1. The van der Waals surface area contributed by atoms with Crippen molar-refractivity contribution in [1.82, 2.24) is 10.3 Å². The van der Waals surface area contributed by atoms with Crippen LogP contribution < -0.4 is 10.6 Å². The zero-order valence-corrected chi connectivity index (χ0v) is 9.84. The van der Waals surface area contributed by atoms with Gasteiger partial charge in [0.1, 0.15) is 11.5 Å². The SMILES string of the molecule is CNc1cccc(C(=O)NCCCC(F)(F)F)n1. The van der Waals surface area contributed by atoms with Crippen LogP contribution in [-0.4, -0.2) is 30.7 Å². The molecule has 0 radical (unpaired) electrons. The molecule has 1 rings (SSSR count). The van der Waals surface area contributed by atoms with E-state index in [9.17, 15) is 18.0 Å². The maximum absolute atomic E-state index is 11.9. The molecule has 18 heavy (non-hydrogen) atoms. The van der Waals surface area contributed by atoms with Gasteiger partial charge in [0.05, 0.1) is 0 Å². The highest BCUT2D eigenvalue weighted by atomic mass is 19.4.